The number of rotatable bonds is 4. The van der Waals surface area contributed by atoms with Crippen molar-refractivity contribution in [3.05, 3.63) is 24.0 Å². The molecule has 1 aromatic carbocycles. The Kier molecular flexibility index (Phi) is 4.36. The highest BCUT2D eigenvalue weighted by Crippen LogP contribution is 2.29. The third kappa shape index (κ3) is 3.01. The highest BCUT2D eigenvalue weighted by Gasteiger charge is 2.20. The first-order chi connectivity index (χ1) is 10.2. The van der Waals surface area contributed by atoms with Gasteiger partial charge in [0.2, 0.25) is 0 Å². The molecule has 1 aliphatic heterocycles. The van der Waals surface area contributed by atoms with Crippen LogP contribution in [0.25, 0.3) is 11.0 Å². The number of nitrogens with zero attached hydrogens (tertiary/aromatic N) is 2. The number of benzene rings is 1. The molecule has 1 fully saturated rings. The Hall–Kier alpha value is -1.26. The van der Waals surface area contributed by atoms with E-state index in [1.54, 1.807) is 7.11 Å². The summed E-state index contributed by atoms with van der Waals surface area (Å²) < 4.78 is 13.0. The van der Waals surface area contributed by atoms with Gasteiger partial charge in [0.05, 0.1) is 23.5 Å². The number of halogens is 1. The predicted octanol–water partition coefficient (Wildman–Crippen LogP) is 3.77. The van der Waals surface area contributed by atoms with Gasteiger partial charge in [0.1, 0.15) is 11.6 Å². The van der Waals surface area contributed by atoms with Gasteiger partial charge in [-0.3, -0.25) is 0 Å². The van der Waals surface area contributed by atoms with Crippen LogP contribution in [0.1, 0.15) is 31.0 Å². The zero-order valence-corrected chi connectivity index (χ0v) is 13.3. The minimum absolute atomic E-state index is 0.108. The van der Waals surface area contributed by atoms with Crippen LogP contribution in [0.2, 0.25) is 0 Å². The molecule has 1 saturated heterocycles. The maximum Gasteiger partial charge on any atom is 0.127 e. The Morgan fingerprint density at radius 2 is 2.19 bits per heavy atom. The van der Waals surface area contributed by atoms with E-state index in [1.807, 2.05) is 19.1 Å². The van der Waals surface area contributed by atoms with Crippen molar-refractivity contribution in [3.8, 4) is 5.75 Å². The van der Waals surface area contributed by atoms with Crippen LogP contribution in [0.5, 0.6) is 5.75 Å². The van der Waals surface area contributed by atoms with Crippen molar-refractivity contribution in [2.75, 3.05) is 20.3 Å². The molecule has 0 saturated carbocycles. The van der Waals surface area contributed by atoms with E-state index >= 15 is 0 Å². The fourth-order valence-corrected chi connectivity index (χ4v) is 3.10. The highest BCUT2D eigenvalue weighted by molar-refractivity contribution is 6.20. The van der Waals surface area contributed by atoms with Gasteiger partial charge < -0.3 is 14.0 Å². The van der Waals surface area contributed by atoms with Crippen LogP contribution in [0, 0.1) is 5.92 Å². The monoisotopic (exact) mass is 308 g/mol. The second kappa shape index (κ2) is 6.24. The molecule has 1 unspecified atom stereocenters. The van der Waals surface area contributed by atoms with Crippen molar-refractivity contribution >= 4 is 22.6 Å². The summed E-state index contributed by atoms with van der Waals surface area (Å²) in [7, 11) is 1.67. The van der Waals surface area contributed by atoms with Crippen molar-refractivity contribution < 1.29 is 9.47 Å². The molecule has 5 heteroatoms. The van der Waals surface area contributed by atoms with E-state index in [1.165, 1.54) is 0 Å². The molecule has 0 bridgehead atoms. The lowest BCUT2D eigenvalue weighted by molar-refractivity contribution is 0.0613. The molecule has 0 amide bonds. The molecule has 1 atom stereocenters. The van der Waals surface area contributed by atoms with Crippen molar-refractivity contribution in [1.29, 1.82) is 0 Å². The lowest BCUT2D eigenvalue weighted by Gasteiger charge is -2.23. The van der Waals surface area contributed by atoms with E-state index in [9.17, 15) is 0 Å². The van der Waals surface area contributed by atoms with Gasteiger partial charge in [-0.25, -0.2) is 4.98 Å². The number of methoxy groups -OCH3 is 1. The van der Waals surface area contributed by atoms with E-state index in [4.69, 9.17) is 26.1 Å². The first kappa shape index (κ1) is 14.7. The zero-order valence-electron chi connectivity index (χ0n) is 12.5. The number of hydrogen-bond acceptors (Lipinski definition) is 3. The van der Waals surface area contributed by atoms with Crippen LogP contribution < -0.4 is 4.74 Å². The number of fused-ring (bicyclic) bond motifs is 1. The van der Waals surface area contributed by atoms with Gasteiger partial charge in [0.15, 0.2) is 0 Å². The van der Waals surface area contributed by atoms with Crippen molar-refractivity contribution in [1.82, 2.24) is 9.55 Å². The Labute approximate surface area is 130 Å². The second-order valence-electron chi connectivity index (χ2n) is 5.61. The summed E-state index contributed by atoms with van der Waals surface area (Å²) in [6.45, 7) is 4.65. The molecule has 0 aliphatic carbocycles. The fourth-order valence-electron chi connectivity index (χ4n) is 2.94. The van der Waals surface area contributed by atoms with Gasteiger partial charge >= 0.3 is 0 Å². The minimum Gasteiger partial charge on any atom is -0.497 e. The second-order valence-corrected chi connectivity index (χ2v) is 6.26. The van der Waals surface area contributed by atoms with Gasteiger partial charge in [-0.2, -0.15) is 0 Å². The van der Waals surface area contributed by atoms with Crippen LogP contribution in [-0.2, 0) is 11.3 Å². The summed E-state index contributed by atoms with van der Waals surface area (Å²) in [6, 6.07) is 6.02. The van der Waals surface area contributed by atoms with E-state index in [0.717, 1.165) is 55.2 Å². The lowest BCUT2D eigenvalue weighted by atomic mass is 10.0. The highest BCUT2D eigenvalue weighted by atomic mass is 35.5. The Balaban J connectivity index is 1.99. The summed E-state index contributed by atoms with van der Waals surface area (Å²) in [5, 5.41) is -0.108. The molecule has 0 radical (unpaired) electrons. The third-order valence-electron chi connectivity index (χ3n) is 4.12. The molecule has 1 aromatic heterocycles. The van der Waals surface area contributed by atoms with Gasteiger partial charge in [0, 0.05) is 25.8 Å². The van der Waals surface area contributed by atoms with E-state index in [0.29, 0.717) is 5.92 Å². The summed E-state index contributed by atoms with van der Waals surface area (Å²) in [6.07, 6.45) is 2.21. The van der Waals surface area contributed by atoms with Crippen molar-refractivity contribution in [2.24, 2.45) is 5.92 Å². The quantitative estimate of drug-likeness (QED) is 0.807. The number of imidazole rings is 1. The van der Waals surface area contributed by atoms with Crippen LogP contribution in [0.3, 0.4) is 0 Å². The standard InChI is InChI=1S/C16H21ClN2O2/c1-11(17)16-18-14-9-13(20-2)3-4-15(14)19(16)10-12-5-7-21-8-6-12/h3-4,9,11-12H,5-8,10H2,1-2H3. The summed E-state index contributed by atoms with van der Waals surface area (Å²) in [4.78, 5) is 4.71. The van der Waals surface area contributed by atoms with Gasteiger partial charge in [-0.05, 0) is 37.8 Å². The summed E-state index contributed by atoms with van der Waals surface area (Å²) in [5.74, 6) is 2.39. The van der Waals surface area contributed by atoms with E-state index < -0.39 is 0 Å². The maximum atomic E-state index is 6.33. The number of ether oxygens (including phenoxy) is 2. The average Bonchev–Trinajstić information content (AvgIpc) is 2.86. The van der Waals surface area contributed by atoms with Gasteiger partial charge in [0.25, 0.3) is 0 Å². The normalized spacial score (nSPS) is 18.0. The minimum atomic E-state index is -0.108. The number of hydrogen-bond donors (Lipinski definition) is 0. The van der Waals surface area contributed by atoms with E-state index in [2.05, 4.69) is 10.6 Å². The molecule has 2 heterocycles. The first-order valence-corrected chi connectivity index (χ1v) is 7.88. The SMILES string of the molecule is COc1ccc2c(c1)nc(C(C)Cl)n2CC1CCOCC1. The first-order valence-electron chi connectivity index (χ1n) is 7.45. The fraction of sp³-hybridized carbons (Fsp3) is 0.562. The molecule has 4 nitrogen and oxygen atoms in total. The van der Waals surface area contributed by atoms with Crippen LogP contribution in [0.4, 0.5) is 0 Å². The molecular formula is C16H21ClN2O2. The Morgan fingerprint density at radius 3 is 2.86 bits per heavy atom. The maximum absolute atomic E-state index is 6.33. The lowest BCUT2D eigenvalue weighted by Crippen LogP contribution is -2.21. The smallest absolute Gasteiger partial charge is 0.127 e. The average molecular weight is 309 g/mol. The molecule has 114 valence electrons. The molecule has 3 rings (SSSR count). The molecule has 0 N–H and O–H groups in total. The van der Waals surface area contributed by atoms with Gasteiger partial charge in [-0.15, -0.1) is 11.6 Å². The Morgan fingerprint density at radius 1 is 1.43 bits per heavy atom. The predicted molar refractivity (Wildman–Crippen MR) is 84.1 cm³/mol. The van der Waals surface area contributed by atoms with E-state index in [-0.39, 0.29) is 5.38 Å². The number of aromatic nitrogens is 2. The van der Waals surface area contributed by atoms with Crippen LogP contribution in [0.15, 0.2) is 18.2 Å². The molecule has 21 heavy (non-hydrogen) atoms. The molecule has 0 spiro atoms. The number of alkyl halides is 1. The zero-order chi connectivity index (χ0) is 14.8. The summed E-state index contributed by atoms with van der Waals surface area (Å²) in [5.41, 5.74) is 2.08. The third-order valence-corrected chi connectivity index (χ3v) is 4.32. The summed E-state index contributed by atoms with van der Waals surface area (Å²) >= 11 is 6.33. The Bertz CT molecular complexity index is 618. The van der Waals surface area contributed by atoms with Crippen molar-refractivity contribution in [2.45, 2.75) is 31.7 Å². The van der Waals surface area contributed by atoms with Crippen molar-refractivity contribution in [3.63, 3.8) is 0 Å². The topological polar surface area (TPSA) is 36.3 Å². The van der Waals surface area contributed by atoms with Gasteiger partial charge in [-0.1, -0.05) is 0 Å². The molecular weight excluding hydrogens is 288 g/mol. The van der Waals surface area contributed by atoms with Crippen LogP contribution >= 0.6 is 11.6 Å². The molecule has 2 aromatic rings. The largest absolute Gasteiger partial charge is 0.497 e. The van der Waals surface area contributed by atoms with Crippen LogP contribution in [-0.4, -0.2) is 29.9 Å². The molecule has 1 aliphatic rings.